The van der Waals surface area contributed by atoms with Crippen LogP contribution in [0.3, 0.4) is 0 Å². The summed E-state index contributed by atoms with van der Waals surface area (Å²) in [5.41, 5.74) is 0.161. The van der Waals surface area contributed by atoms with Gasteiger partial charge < -0.3 is 19.5 Å². The first-order chi connectivity index (χ1) is 12.9. The Labute approximate surface area is 165 Å². The third-order valence-electron chi connectivity index (χ3n) is 3.67. The Bertz CT molecular complexity index is 858. The maximum absolute atomic E-state index is 12.4. The van der Waals surface area contributed by atoms with Crippen LogP contribution in [0.4, 0.5) is 5.82 Å². The normalized spacial score (nSPS) is 14.0. The molecule has 1 atom stereocenters. The van der Waals surface area contributed by atoms with Gasteiger partial charge in [0, 0.05) is 12.6 Å². The van der Waals surface area contributed by atoms with E-state index in [1.54, 1.807) is 12.1 Å². The number of carbonyl (C=O) groups excluding carboxylic acids is 2. The Morgan fingerprint density at radius 3 is 2.74 bits per heavy atom. The lowest BCUT2D eigenvalue weighted by molar-refractivity contribution is -0.123. The number of nitrogens with one attached hydrogen (secondary N) is 1. The zero-order valence-electron chi connectivity index (χ0n) is 14.3. The van der Waals surface area contributed by atoms with Gasteiger partial charge in [-0.1, -0.05) is 23.2 Å². The molecule has 0 saturated heterocycles. The molecule has 0 aliphatic carbocycles. The predicted molar refractivity (Wildman–Crippen MR) is 99.8 cm³/mol. The number of pyridine rings is 1. The number of benzene rings is 1. The molecule has 1 aromatic carbocycles. The molecule has 0 unspecified atom stereocenters. The largest absolute Gasteiger partial charge is 0.489 e. The predicted octanol–water partition coefficient (Wildman–Crippen LogP) is 3.73. The van der Waals surface area contributed by atoms with E-state index >= 15 is 0 Å². The van der Waals surface area contributed by atoms with Gasteiger partial charge in [0.25, 0.3) is 5.91 Å². The van der Waals surface area contributed by atoms with Crippen LogP contribution in [-0.4, -0.2) is 36.2 Å². The molecule has 9 heteroatoms. The first-order valence-electron chi connectivity index (χ1n) is 8.16. The van der Waals surface area contributed by atoms with Crippen molar-refractivity contribution in [1.29, 1.82) is 0 Å². The zero-order valence-corrected chi connectivity index (χ0v) is 15.8. The molecule has 1 aromatic heterocycles. The number of hydrogen-bond donors (Lipinski definition) is 1. The summed E-state index contributed by atoms with van der Waals surface area (Å²) in [6.07, 6.45) is 1.05. The minimum absolute atomic E-state index is 0.161. The Kier molecular flexibility index (Phi) is 6.03. The molecule has 0 radical (unpaired) electrons. The summed E-state index contributed by atoms with van der Waals surface area (Å²) in [6, 6.07) is 6.03. The first-order valence-corrected chi connectivity index (χ1v) is 8.92. The van der Waals surface area contributed by atoms with Gasteiger partial charge in [-0.2, -0.15) is 0 Å². The van der Waals surface area contributed by atoms with E-state index in [1.165, 1.54) is 25.3 Å². The van der Waals surface area contributed by atoms with E-state index in [-0.39, 0.29) is 10.6 Å². The highest BCUT2D eigenvalue weighted by atomic mass is 35.5. The van der Waals surface area contributed by atoms with Crippen LogP contribution < -0.4 is 14.8 Å². The molecule has 27 heavy (non-hydrogen) atoms. The summed E-state index contributed by atoms with van der Waals surface area (Å²) in [7, 11) is 0. The van der Waals surface area contributed by atoms with Crippen LogP contribution in [0, 0.1) is 0 Å². The van der Waals surface area contributed by atoms with E-state index in [2.05, 4.69) is 10.3 Å². The van der Waals surface area contributed by atoms with Gasteiger partial charge in [-0.05, 0) is 31.2 Å². The molecule has 0 fully saturated rings. The van der Waals surface area contributed by atoms with Crippen LogP contribution >= 0.6 is 23.2 Å². The van der Waals surface area contributed by atoms with Gasteiger partial charge in [-0.25, -0.2) is 9.78 Å². The minimum Gasteiger partial charge on any atom is -0.489 e. The van der Waals surface area contributed by atoms with E-state index in [4.69, 9.17) is 37.4 Å². The number of amides is 1. The van der Waals surface area contributed by atoms with Crippen molar-refractivity contribution >= 4 is 40.9 Å². The second kappa shape index (κ2) is 8.45. The standard InChI is InChI=1S/C18H16Cl2N2O5/c1-10(17(23)22-15-4-3-12(19)9-21-15)27-18(24)11-7-13(20)16-14(8-11)25-5-2-6-26-16/h3-4,7-10H,2,5-6H2,1H3,(H,21,22,23)/t10-/m0/s1. The summed E-state index contributed by atoms with van der Waals surface area (Å²) in [5.74, 6) is -0.177. The Balaban J connectivity index is 1.67. The molecule has 1 aliphatic heterocycles. The highest BCUT2D eigenvalue weighted by molar-refractivity contribution is 6.32. The molecule has 0 saturated carbocycles. The van der Waals surface area contributed by atoms with E-state index in [1.807, 2.05) is 0 Å². The molecule has 2 aromatic rings. The number of anilines is 1. The topological polar surface area (TPSA) is 86.8 Å². The van der Waals surface area contributed by atoms with Gasteiger partial charge in [0.1, 0.15) is 5.82 Å². The maximum Gasteiger partial charge on any atom is 0.339 e. The van der Waals surface area contributed by atoms with Gasteiger partial charge in [-0.15, -0.1) is 0 Å². The molecule has 0 bridgehead atoms. The lowest BCUT2D eigenvalue weighted by Gasteiger charge is -2.15. The van der Waals surface area contributed by atoms with Crippen molar-refractivity contribution in [3.05, 3.63) is 46.1 Å². The van der Waals surface area contributed by atoms with E-state index < -0.39 is 18.0 Å². The summed E-state index contributed by atoms with van der Waals surface area (Å²) < 4.78 is 16.3. The number of aromatic nitrogens is 1. The quantitative estimate of drug-likeness (QED) is 0.772. The van der Waals surface area contributed by atoms with Crippen molar-refractivity contribution < 1.29 is 23.8 Å². The number of carbonyl (C=O) groups is 2. The number of fused-ring (bicyclic) bond motifs is 1. The summed E-state index contributed by atoms with van der Waals surface area (Å²) in [4.78, 5) is 28.5. The number of esters is 1. The molecular formula is C18H16Cl2N2O5. The van der Waals surface area contributed by atoms with Crippen LogP contribution in [0.1, 0.15) is 23.7 Å². The molecule has 142 valence electrons. The van der Waals surface area contributed by atoms with Crippen molar-refractivity contribution in [3.8, 4) is 11.5 Å². The Hall–Kier alpha value is -2.51. The number of hydrogen-bond acceptors (Lipinski definition) is 6. The van der Waals surface area contributed by atoms with Crippen LogP contribution in [0.15, 0.2) is 30.5 Å². The van der Waals surface area contributed by atoms with Gasteiger partial charge >= 0.3 is 5.97 Å². The van der Waals surface area contributed by atoms with Crippen molar-refractivity contribution in [2.75, 3.05) is 18.5 Å². The van der Waals surface area contributed by atoms with Crippen LogP contribution in [0.25, 0.3) is 0 Å². The monoisotopic (exact) mass is 410 g/mol. The molecule has 1 amide bonds. The van der Waals surface area contributed by atoms with Gasteiger partial charge in [0.2, 0.25) is 0 Å². The molecular weight excluding hydrogens is 395 g/mol. The zero-order chi connectivity index (χ0) is 19.4. The fourth-order valence-electron chi connectivity index (χ4n) is 2.31. The van der Waals surface area contributed by atoms with E-state index in [9.17, 15) is 9.59 Å². The number of rotatable bonds is 4. The van der Waals surface area contributed by atoms with Crippen molar-refractivity contribution in [2.24, 2.45) is 0 Å². The fourth-order valence-corrected chi connectivity index (χ4v) is 2.69. The molecule has 7 nitrogen and oxygen atoms in total. The molecule has 1 N–H and O–H groups in total. The Morgan fingerprint density at radius 2 is 2.00 bits per heavy atom. The highest BCUT2D eigenvalue weighted by Gasteiger charge is 2.23. The highest BCUT2D eigenvalue weighted by Crippen LogP contribution is 2.38. The lowest BCUT2D eigenvalue weighted by atomic mass is 10.2. The Morgan fingerprint density at radius 1 is 1.22 bits per heavy atom. The van der Waals surface area contributed by atoms with Crippen molar-refractivity contribution in [2.45, 2.75) is 19.4 Å². The molecule has 1 aliphatic rings. The van der Waals surface area contributed by atoms with Gasteiger partial charge in [0.15, 0.2) is 17.6 Å². The molecule has 2 heterocycles. The summed E-state index contributed by atoms with van der Waals surface area (Å²) >= 11 is 11.9. The SMILES string of the molecule is C[C@H](OC(=O)c1cc(Cl)c2c(c1)OCCCO2)C(=O)Nc1ccc(Cl)cn1. The van der Waals surface area contributed by atoms with Crippen molar-refractivity contribution in [3.63, 3.8) is 0 Å². The smallest absolute Gasteiger partial charge is 0.339 e. The van der Waals surface area contributed by atoms with Crippen LogP contribution in [-0.2, 0) is 9.53 Å². The van der Waals surface area contributed by atoms with Crippen LogP contribution in [0.5, 0.6) is 11.5 Å². The summed E-state index contributed by atoms with van der Waals surface area (Å²) in [6.45, 7) is 2.38. The average molecular weight is 411 g/mol. The van der Waals surface area contributed by atoms with Gasteiger partial charge in [0.05, 0.1) is 28.8 Å². The third kappa shape index (κ3) is 4.81. The minimum atomic E-state index is -1.05. The lowest BCUT2D eigenvalue weighted by Crippen LogP contribution is -2.30. The fraction of sp³-hybridized carbons (Fsp3) is 0.278. The van der Waals surface area contributed by atoms with Crippen LogP contribution in [0.2, 0.25) is 10.0 Å². The number of nitrogens with zero attached hydrogens (tertiary/aromatic N) is 1. The molecule has 0 spiro atoms. The van der Waals surface area contributed by atoms with E-state index in [0.29, 0.717) is 42.0 Å². The molecule has 3 rings (SSSR count). The number of ether oxygens (including phenoxy) is 3. The third-order valence-corrected chi connectivity index (χ3v) is 4.17. The second-order valence-electron chi connectivity index (χ2n) is 5.73. The second-order valence-corrected chi connectivity index (χ2v) is 6.58. The van der Waals surface area contributed by atoms with Gasteiger partial charge in [-0.3, -0.25) is 4.79 Å². The average Bonchev–Trinajstić information content (AvgIpc) is 2.89. The van der Waals surface area contributed by atoms with Crippen molar-refractivity contribution in [1.82, 2.24) is 4.98 Å². The maximum atomic E-state index is 12.4. The summed E-state index contributed by atoms with van der Waals surface area (Å²) in [5, 5.41) is 3.22. The number of halogens is 2. The van der Waals surface area contributed by atoms with E-state index in [0.717, 1.165) is 0 Å². The first kappa shape index (κ1) is 19.3.